The lowest BCUT2D eigenvalue weighted by atomic mass is 9.91. The summed E-state index contributed by atoms with van der Waals surface area (Å²) in [6.07, 6.45) is -4.70. The number of nitrogens with one attached hydrogen (secondary N) is 2. The van der Waals surface area contributed by atoms with E-state index < -0.39 is 36.4 Å². The standard InChI is InChI=1S/C37H42N8O4.C2HF3O2/c38-27-16-17-44(20-27)37-42-35(39-19-28(25-12-6-2-7-13-25)26-14-8-3-9-15-26)32-36(43-37)45(23-40-32)30-18-29(33(47)34(30)48)41-31(46)22-49-21-24-10-4-1-5-11-24;3-2(4,5)1(6)7/h1-15,23,27-30,33-34,47-48H,16-22,38H2,(H,41,46)(H,39,42,43);(H,6,7)/t27-,29+,30-,33-,34+;/m1./s1. The third-order valence-corrected chi connectivity index (χ3v) is 9.74. The second-order valence-corrected chi connectivity index (χ2v) is 13.7. The van der Waals surface area contributed by atoms with Crippen LogP contribution in [-0.4, -0.2) is 103 Å². The number of carbonyl (C=O) groups is 2. The number of carboxylic acids is 1. The summed E-state index contributed by atoms with van der Waals surface area (Å²) < 4.78 is 39.1. The fourth-order valence-corrected chi connectivity index (χ4v) is 6.89. The average Bonchev–Trinajstić information content (AvgIpc) is 3.90. The Bertz CT molecular complexity index is 2020. The molecule has 0 unspecified atom stereocenters. The van der Waals surface area contributed by atoms with Gasteiger partial charge in [-0.15, -0.1) is 0 Å². The van der Waals surface area contributed by atoms with Gasteiger partial charge < -0.3 is 45.9 Å². The van der Waals surface area contributed by atoms with Crippen molar-refractivity contribution in [1.29, 1.82) is 0 Å². The van der Waals surface area contributed by atoms with Crippen LogP contribution in [0.2, 0.25) is 0 Å². The molecule has 5 aromatic rings. The van der Waals surface area contributed by atoms with Gasteiger partial charge >= 0.3 is 12.1 Å². The molecule has 1 amide bonds. The molecule has 17 heteroatoms. The Hall–Kier alpha value is -5.62. The fourth-order valence-electron chi connectivity index (χ4n) is 6.89. The minimum absolute atomic E-state index is 0.0222. The van der Waals surface area contributed by atoms with Gasteiger partial charge in [0.15, 0.2) is 17.0 Å². The van der Waals surface area contributed by atoms with Crippen molar-refractivity contribution in [2.75, 3.05) is 36.5 Å². The number of ether oxygens (including phenoxy) is 1. The molecule has 0 radical (unpaired) electrons. The van der Waals surface area contributed by atoms with E-state index in [2.05, 4.69) is 39.8 Å². The third-order valence-electron chi connectivity index (χ3n) is 9.74. The highest BCUT2D eigenvalue weighted by atomic mass is 19.4. The number of hydrogen-bond donors (Lipinski definition) is 6. The minimum Gasteiger partial charge on any atom is -0.475 e. The summed E-state index contributed by atoms with van der Waals surface area (Å²) in [6, 6.07) is 29.0. The summed E-state index contributed by atoms with van der Waals surface area (Å²) in [5, 5.41) is 35.8. The van der Waals surface area contributed by atoms with Crippen molar-refractivity contribution in [2.24, 2.45) is 5.73 Å². The lowest BCUT2D eigenvalue weighted by Gasteiger charge is -2.22. The first-order valence-electron chi connectivity index (χ1n) is 18.0. The van der Waals surface area contributed by atoms with E-state index in [0.717, 1.165) is 18.5 Å². The van der Waals surface area contributed by atoms with Gasteiger partial charge in [0.05, 0.1) is 25.0 Å². The molecule has 0 spiro atoms. The molecule has 296 valence electrons. The smallest absolute Gasteiger partial charge is 0.475 e. The molecule has 7 N–H and O–H groups in total. The van der Waals surface area contributed by atoms with Crippen LogP contribution in [-0.2, 0) is 20.9 Å². The number of halogens is 3. The second-order valence-electron chi connectivity index (χ2n) is 13.7. The number of fused-ring (bicyclic) bond motifs is 1. The topological polar surface area (TPSA) is 201 Å². The third kappa shape index (κ3) is 9.78. The molecule has 0 bridgehead atoms. The Morgan fingerprint density at radius 3 is 2.11 bits per heavy atom. The van der Waals surface area contributed by atoms with Crippen LogP contribution < -0.4 is 21.3 Å². The summed E-state index contributed by atoms with van der Waals surface area (Å²) in [7, 11) is 0. The van der Waals surface area contributed by atoms with Crippen LogP contribution in [0.1, 0.15) is 41.5 Å². The van der Waals surface area contributed by atoms with Crippen LogP contribution >= 0.6 is 0 Å². The highest BCUT2D eigenvalue weighted by Gasteiger charge is 2.44. The molecule has 14 nitrogen and oxygen atoms in total. The van der Waals surface area contributed by atoms with Crippen molar-refractivity contribution in [3.05, 3.63) is 114 Å². The van der Waals surface area contributed by atoms with Crippen LogP contribution in [0.4, 0.5) is 24.9 Å². The molecule has 2 aliphatic rings. The maximum absolute atomic E-state index is 12.7. The monoisotopic (exact) mass is 776 g/mol. The van der Waals surface area contributed by atoms with Crippen molar-refractivity contribution < 1.29 is 42.8 Å². The number of imidazole rings is 1. The minimum atomic E-state index is -5.08. The van der Waals surface area contributed by atoms with Crippen LogP contribution in [0.3, 0.4) is 0 Å². The number of carboxylic acid groups (broad SMARTS) is 1. The zero-order valence-electron chi connectivity index (χ0n) is 30.2. The first-order chi connectivity index (χ1) is 26.9. The van der Waals surface area contributed by atoms with Gasteiger partial charge in [-0.05, 0) is 29.5 Å². The molecule has 1 aliphatic heterocycles. The van der Waals surface area contributed by atoms with Gasteiger partial charge in [-0.2, -0.15) is 23.1 Å². The molecule has 2 fully saturated rings. The van der Waals surface area contributed by atoms with E-state index in [1.54, 1.807) is 10.9 Å². The lowest BCUT2D eigenvalue weighted by Crippen LogP contribution is -2.44. The molecular weight excluding hydrogens is 733 g/mol. The van der Waals surface area contributed by atoms with Crippen molar-refractivity contribution in [3.8, 4) is 0 Å². The molecule has 3 heterocycles. The van der Waals surface area contributed by atoms with Gasteiger partial charge in [0, 0.05) is 31.6 Å². The van der Waals surface area contributed by atoms with E-state index in [1.165, 1.54) is 11.1 Å². The molecule has 5 atom stereocenters. The Morgan fingerprint density at radius 1 is 0.929 bits per heavy atom. The second kappa shape index (κ2) is 17.9. The Labute approximate surface area is 320 Å². The number of benzene rings is 3. The first-order valence-corrected chi connectivity index (χ1v) is 18.0. The average molecular weight is 777 g/mol. The van der Waals surface area contributed by atoms with Crippen molar-refractivity contribution in [3.63, 3.8) is 0 Å². The number of aliphatic hydroxyl groups excluding tert-OH is 2. The first kappa shape index (κ1) is 40.1. The quantitative estimate of drug-likeness (QED) is 0.108. The Morgan fingerprint density at radius 2 is 1.54 bits per heavy atom. The lowest BCUT2D eigenvalue weighted by molar-refractivity contribution is -0.192. The summed E-state index contributed by atoms with van der Waals surface area (Å²) in [4.78, 5) is 38.3. The highest BCUT2D eigenvalue weighted by molar-refractivity contribution is 5.85. The summed E-state index contributed by atoms with van der Waals surface area (Å²) >= 11 is 0. The van der Waals surface area contributed by atoms with E-state index in [4.69, 9.17) is 35.3 Å². The molecule has 1 saturated heterocycles. The van der Waals surface area contributed by atoms with Gasteiger partial charge in [-0.3, -0.25) is 4.79 Å². The molecular formula is C39H43F3N8O6. The van der Waals surface area contributed by atoms with E-state index in [9.17, 15) is 28.2 Å². The van der Waals surface area contributed by atoms with Crippen LogP contribution in [0, 0.1) is 0 Å². The number of aliphatic hydroxyl groups is 2. The molecule has 7 rings (SSSR count). The summed E-state index contributed by atoms with van der Waals surface area (Å²) in [5.74, 6) is -1.98. The van der Waals surface area contributed by atoms with Crippen LogP contribution in [0.5, 0.6) is 0 Å². The number of nitrogens with zero attached hydrogens (tertiary/aromatic N) is 5. The van der Waals surface area contributed by atoms with Gasteiger partial charge in [0.2, 0.25) is 11.9 Å². The number of amides is 1. The number of anilines is 2. The number of rotatable bonds is 12. The van der Waals surface area contributed by atoms with Crippen molar-refractivity contribution in [2.45, 2.75) is 61.9 Å². The van der Waals surface area contributed by atoms with Crippen molar-refractivity contribution in [1.82, 2.24) is 24.8 Å². The SMILES string of the molecule is N[C@@H]1CCN(c2nc(NCC(c3ccccc3)c3ccccc3)c3ncn([C@@H]4C[C@H](NC(=O)COCc5ccccc5)[C@@H](O)[C@H]4O)c3n2)C1.O=C(O)C(F)(F)F. The number of aromatic nitrogens is 4. The van der Waals surface area contributed by atoms with Gasteiger partial charge in [0.1, 0.15) is 18.8 Å². The number of aliphatic carboxylic acids is 1. The Balaban J connectivity index is 0.000000695. The van der Waals surface area contributed by atoms with E-state index in [-0.39, 0.29) is 30.9 Å². The van der Waals surface area contributed by atoms with Crippen LogP contribution in [0.25, 0.3) is 11.2 Å². The fraction of sp³-hybridized carbons (Fsp3) is 0.359. The number of nitrogens with two attached hydrogens (primary N) is 1. The maximum Gasteiger partial charge on any atom is 0.490 e. The zero-order valence-corrected chi connectivity index (χ0v) is 30.2. The summed E-state index contributed by atoms with van der Waals surface area (Å²) in [5.41, 5.74) is 10.6. The van der Waals surface area contributed by atoms with E-state index in [0.29, 0.717) is 42.6 Å². The summed E-state index contributed by atoms with van der Waals surface area (Å²) in [6.45, 7) is 2.04. The largest absolute Gasteiger partial charge is 0.490 e. The number of hydrogen-bond acceptors (Lipinski definition) is 11. The molecule has 1 aliphatic carbocycles. The predicted molar refractivity (Wildman–Crippen MR) is 201 cm³/mol. The molecule has 2 aromatic heterocycles. The predicted octanol–water partition coefficient (Wildman–Crippen LogP) is 3.61. The molecule has 3 aromatic carbocycles. The molecule has 56 heavy (non-hydrogen) atoms. The Kier molecular flexibility index (Phi) is 12.8. The highest BCUT2D eigenvalue weighted by Crippen LogP contribution is 2.35. The van der Waals surface area contributed by atoms with E-state index in [1.807, 2.05) is 66.7 Å². The van der Waals surface area contributed by atoms with E-state index >= 15 is 0 Å². The van der Waals surface area contributed by atoms with Crippen molar-refractivity contribution >= 4 is 34.8 Å². The molecule has 1 saturated carbocycles. The normalized spacial score (nSPS) is 20.8. The van der Waals surface area contributed by atoms with Gasteiger partial charge in [-0.25, -0.2) is 9.78 Å². The maximum atomic E-state index is 12.7. The van der Waals surface area contributed by atoms with Crippen LogP contribution in [0.15, 0.2) is 97.3 Å². The van der Waals surface area contributed by atoms with Gasteiger partial charge in [-0.1, -0.05) is 91.0 Å². The number of carbonyl (C=O) groups excluding carboxylic acids is 1. The van der Waals surface area contributed by atoms with Gasteiger partial charge in [0.25, 0.3) is 0 Å². The number of alkyl halides is 3. The zero-order chi connectivity index (χ0) is 39.8.